The topological polar surface area (TPSA) is 50.2 Å². The second-order valence-electron chi connectivity index (χ2n) is 3.53. The number of pyridine rings is 2. The Balaban J connectivity index is 2.15. The number of hydrogen-bond donors (Lipinski definition) is 1. The maximum atomic E-state index is 5.97. The van der Waals surface area contributed by atoms with Gasteiger partial charge in [0.1, 0.15) is 0 Å². The number of anilines is 1. The van der Waals surface area contributed by atoms with Gasteiger partial charge in [0.25, 0.3) is 0 Å². The number of hydrogen-bond acceptors (Lipinski definition) is 4. The van der Waals surface area contributed by atoms with Crippen LogP contribution in [0.25, 0.3) is 0 Å². The van der Waals surface area contributed by atoms with E-state index >= 15 is 0 Å². The molecule has 0 saturated carbocycles. The van der Waals surface area contributed by atoms with Crippen molar-refractivity contribution >= 4 is 34.7 Å². The fourth-order valence-corrected chi connectivity index (χ4v) is 1.71. The summed E-state index contributed by atoms with van der Waals surface area (Å²) in [5, 5.41) is 5.12. The van der Waals surface area contributed by atoms with Crippen molar-refractivity contribution in [3.63, 3.8) is 0 Å². The van der Waals surface area contributed by atoms with Gasteiger partial charge in [-0.25, -0.2) is 4.98 Å². The average Bonchev–Trinajstić information content (AvgIpc) is 2.38. The summed E-state index contributed by atoms with van der Waals surface area (Å²) in [4.78, 5) is 8.00. The van der Waals surface area contributed by atoms with Gasteiger partial charge in [0.15, 0.2) is 5.82 Å². The minimum atomic E-state index is 0.425. The molecule has 0 aromatic carbocycles. The molecule has 2 heterocycles. The van der Waals surface area contributed by atoms with Crippen molar-refractivity contribution in [1.82, 2.24) is 9.97 Å². The summed E-state index contributed by atoms with van der Waals surface area (Å²) in [5.41, 5.74) is 4.59. The number of aromatic nitrogens is 2. The predicted octanol–water partition coefficient (Wildman–Crippen LogP) is 3.62. The molecule has 0 aliphatic carbocycles. The minimum Gasteiger partial charge on any atom is -0.265 e. The van der Waals surface area contributed by atoms with E-state index in [1.807, 2.05) is 19.1 Å². The third-order valence-electron chi connectivity index (χ3n) is 2.24. The molecule has 0 amide bonds. The number of nitrogens with zero attached hydrogens (tertiary/aromatic N) is 3. The zero-order valence-electron chi connectivity index (χ0n) is 9.56. The van der Waals surface area contributed by atoms with E-state index in [2.05, 4.69) is 20.5 Å². The van der Waals surface area contributed by atoms with Crippen molar-refractivity contribution in [2.75, 3.05) is 5.43 Å². The number of hydrazone groups is 1. The molecule has 0 aliphatic heterocycles. The summed E-state index contributed by atoms with van der Waals surface area (Å²) in [6.45, 7) is 1.88. The second-order valence-corrected chi connectivity index (χ2v) is 4.37. The van der Waals surface area contributed by atoms with Crippen LogP contribution in [0, 0.1) is 0 Å². The van der Waals surface area contributed by atoms with Gasteiger partial charge in [0.05, 0.1) is 15.8 Å². The Kier molecular flexibility index (Phi) is 4.12. The van der Waals surface area contributed by atoms with Crippen LogP contribution in [0.15, 0.2) is 41.9 Å². The fourth-order valence-electron chi connectivity index (χ4n) is 1.29. The molecule has 2 rings (SSSR count). The first-order valence-corrected chi connectivity index (χ1v) is 5.94. The van der Waals surface area contributed by atoms with Crippen LogP contribution in [0.3, 0.4) is 0 Å². The van der Waals surface area contributed by atoms with Gasteiger partial charge in [-0.2, -0.15) is 5.10 Å². The molecule has 0 aliphatic rings. The maximum absolute atomic E-state index is 5.97. The molecule has 6 heteroatoms. The third-order valence-corrected chi connectivity index (χ3v) is 2.73. The van der Waals surface area contributed by atoms with E-state index in [4.69, 9.17) is 23.2 Å². The fraction of sp³-hybridized carbons (Fsp3) is 0.0833. The van der Waals surface area contributed by atoms with Crippen LogP contribution in [0.1, 0.15) is 12.5 Å². The molecule has 2 aromatic rings. The van der Waals surface area contributed by atoms with Crippen molar-refractivity contribution < 1.29 is 0 Å². The minimum absolute atomic E-state index is 0.425. The van der Waals surface area contributed by atoms with E-state index in [1.54, 1.807) is 18.5 Å². The lowest BCUT2D eigenvalue weighted by atomic mass is 10.2. The van der Waals surface area contributed by atoms with E-state index in [0.29, 0.717) is 15.9 Å². The van der Waals surface area contributed by atoms with Crippen LogP contribution >= 0.6 is 23.2 Å². The molecule has 0 atom stereocenters. The lowest BCUT2D eigenvalue weighted by molar-refractivity contribution is 1.22. The number of halogens is 2. The summed E-state index contributed by atoms with van der Waals surface area (Å²) in [6, 6.07) is 5.35. The van der Waals surface area contributed by atoms with Crippen molar-refractivity contribution in [2.45, 2.75) is 6.92 Å². The SMILES string of the molecule is C/C(=N\Nc1ncc(Cl)cc1Cl)c1ccncc1. The summed E-state index contributed by atoms with van der Waals surface area (Å²) in [7, 11) is 0. The van der Waals surface area contributed by atoms with Gasteiger partial charge in [-0.05, 0) is 25.1 Å². The molecule has 0 fully saturated rings. The van der Waals surface area contributed by atoms with Gasteiger partial charge < -0.3 is 0 Å². The van der Waals surface area contributed by atoms with Gasteiger partial charge in [-0.15, -0.1) is 0 Å². The standard InChI is InChI=1S/C12H10Cl2N4/c1-8(9-2-4-15-5-3-9)17-18-12-11(14)6-10(13)7-16-12/h2-7H,1H3,(H,16,18)/b17-8+. The quantitative estimate of drug-likeness (QED) is 0.690. The molecule has 0 spiro atoms. The third kappa shape index (κ3) is 3.18. The van der Waals surface area contributed by atoms with Gasteiger partial charge in [0, 0.05) is 24.2 Å². The Hall–Kier alpha value is -1.65. The predicted molar refractivity (Wildman–Crippen MR) is 74.3 cm³/mol. The van der Waals surface area contributed by atoms with E-state index in [-0.39, 0.29) is 0 Å². The first kappa shape index (κ1) is 12.8. The van der Waals surface area contributed by atoms with Gasteiger partial charge in [-0.1, -0.05) is 23.2 Å². The molecule has 0 unspecified atom stereocenters. The molecule has 2 aromatic heterocycles. The summed E-state index contributed by atoms with van der Waals surface area (Å²) >= 11 is 11.7. The molecule has 1 N–H and O–H groups in total. The van der Waals surface area contributed by atoms with Crippen LogP contribution in [-0.4, -0.2) is 15.7 Å². The van der Waals surface area contributed by atoms with Crippen LogP contribution in [0.5, 0.6) is 0 Å². The van der Waals surface area contributed by atoms with E-state index in [9.17, 15) is 0 Å². The highest BCUT2D eigenvalue weighted by Gasteiger charge is 2.02. The van der Waals surface area contributed by atoms with Crippen molar-refractivity contribution in [1.29, 1.82) is 0 Å². The summed E-state index contributed by atoms with van der Waals surface area (Å²) in [5.74, 6) is 0.467. The molecule has 18 heavy (non-hydrogen) atoms. The second kappa shape index (κ2) is 5.80. The molecular weight excluding hydrogens is 271 g/mol. The Bertz CT molecular complexity index is 570. The zero-order chi connectivity index (χ0) is 13.0. The van der Waals surface area contributed by atoms with Crippen LogP contribution in [0.2, 0.25) is 10.0 Å². The Morgan fingerprint density at radius 1 is 1.28 bits per heavy atom. The van der Waals surface area contributed by atoms with Gasteiger partial charge in [0.2, 0.25) is 0 Å². The highest BCUT2D eigenvalue weighted by molar-refractivity contribution is 6.35. The van der Waals surface area contributed by atoms with E-state index in [1.165, 1.54) is 6.20 Å². The molecule has 0 bridgehead atoms. The van der Waals surface area contributed by atoms with Crippen molar-refractivity contribution in [2.24, 2.45) is 5.10 Å². The first-order valence-electron chi connectivity index (χ1n) is 5.18. The summed E-state index contributed by atoms with van der Waals surface area (Å²) in [6.07, 6.45) is 4.93. The van der Waals surface area contributed by atoms with Crippen molar-refractivity contribution in [3.8, 4) is 0 Å². The highest BCUT2D eigenvalue weighted by atomic mass is 35.5. The monoisotopic (exact) mass is 280 g/mol. The lowest BCUT2D eigenvalue weighted by Gasteiger charge is -2.04. The highest BCUT2D eigenvalue weighted by Crippen LogP contribution is 2.22. The normalized spacial score (nSPS) is 11.4. The molecule has 0 saturated heterocycles. The Labute approximate surface area is 115 Å². The molecule has 92 valence electrons. The zero-order valence-corrected chi connectivity index (χ0v) is 11.1. The van der Waals surface area contributed by atoms with E-state index < -0.39 is 0 Å². The van der Waals surface area contributed by atoms with Gasteiger partial charge >= 0.3 is 0 Å². The molecule has 0 radical (unpaired) electrons. The van der Waals surface area contributed by atoms with Crippen molar-refractivity contribution in [3.05, 3.63) is 52.4 Å². The molecular formula is C12H10Cl2N4. The largest absolute Gasteiger partial charge is 0.265 e. The van der Waals surface area contributed by atoms with Crippen LogP contribution < -0.4 is 5.43 Å². The number of rotatable bonds is 3. The van der Waals surface area contributed by atoms with Gasteiger partial charge in [-0.3, -0.25) is 10.4 Å². The average molecular weight is 281 g/mol. The molecule has 4 nitrogen and oxygen atoms in total. The van der Waals surface area contributed by atoms with Crippen LogP contribution in [-0.2, 0) is 0 Å². The maximum Gasteiger partial charge on any atom is 0.165 e. The summed E-state index contributed by atoms with van der Waals surface area (Å²) < 4.78 is 0. The lowest BCUT2D eigenvalue weighted by Crippen LogP contribution is -2.01. The van der Waals surface area contributed by atoms with E-state index in [0.717, 1.165) is 11.3 Å². The Morgan fingerprint density at radius 2 is 2.00 bits per heavy atom. The first-order chi connectivity index (χ1) is 8.66. The van der Waals surface area contributed by atoms with Crippen LogP contribution in [0.4, 0.5) is 5.82 Å². The smallest absolute Gasteiger partial charge is 0.165 e. The Morgan fingerprint density at radius 3 is 2.67 bits per heavy atom. The number of nitrogens with one attached hydrogen (secondary N) is 1.